The number of rotatable bonds is 7. The Bertz CT molecular complexity index is 983. The zero-order valence-electron chi connectivity index (χ0n) is 14.2. The van der Waals surface area contributed by atoms with Gasteiger partial charge in [-0.15, -0.1) is 0 Å². The Morgan fingerprint density at radius 3 is 2.93 bits per heavy atom. The maximum atomic E-state index is 13.3. The van der Waals surface area contributed by atoms with Gasteiger partial charge >= 0.3 is 5.69 Å². The number of carbonyl (C=O) groups is 1. The van der Waals surface area contributed by atoms with E-state index in [0.29, 0.717) is 6.54 Å². The molecule has 3 rings (SSSR count). The number of nitro benzene ring substituents is 1. The molecule has 10 nitrogen and oxygen atoms in total. The summed E-state index contributed by atoms with van der Waals surface area (Å²) >= 11 is 0. The molecule has 0 fully saturated rings. The largest absolute Gasteiger partial charge is 0.464 e. The zero-order chi connectivity index (χ0) is 19.4. The molecule has 11 heteroatoms. The predicted octanol–water partition coefficient (Wildman–Crippen LogP) is 1.63. The summed E-state index contributed by atoms with van der Waals surface area (Å²) in [5, 5.41) is 21.7. The van der Waals surface area contributed by atoms with E-state index < -0.39 is 16.6 Å². The molecular weight excluding hydrogens is 359 g/mol. The number of ether oxygens (including phenoxy) is 1. The quantitative estimate of drug-likeness (QED) is 0.496. The molecule has 0 atom stereocenters. The molecule has 140 valence electrons. The summed E-state index contributed by atoms with van der Waals surface area (Å²) in [5.41, 5.74) is 0.626. The van der Waals surface area contributed by atoms with Gasteiger partial charge < -0.3 is 10.1 Å². The van der Waals surface area contributed by atoms with Crippen molar-refractivity contribution in [2.45, 2.75) is 13.3 Å². The minimum atomic E-state index is -0.671. The molecule has 0 spiro atoms. The van der Waals surface area contributed by atoms with Crippen LogP contribution in [-0.2, 0) is 20.3 Å². The minimum absolute atomic E-state index is 0.149. The molecule has 1 N–H and O–H groups in total. The van der Waals surface area contributed by atoms with Gasteiger partial charge in [0.25, 0.3) is 5.91 Å². The molecule has 3 aromatic rings. The Morgan fingerprint density at radius 2 is 2.22 bits per heavy atom. The minimum Gasteiger partial charge on any atom is -0.464 e. The normalized spacial score (nSPS) is 10.6. The maximum absolute atomic E-state index is 13.3. The molecule has 2 aromatic heterocycles. The number of nitrogens with one attached hydrogen (secondary N) is 1. The number of hydrogen-bond acceptors (Lipinski definition) is 6. The van der Waals surface area contributed by atoms with Crippen molar-refractivity contribution < 1.29 is 18.8 Å². The first-order valence-electron chi connectivity index (χ1n) is 7.78. The topological polar surface area (TPSA) is 117 Å². The summed E-state index contributed by atoms with van der Waals surface area (Å²) in [4.78, 5) is 22.4. The molecule has 1 amide bonds. The number of nitrogens with zero attached hydrogens (tertiary/aromatic N) is 5. The van der Waals surface area contributed by atoms with Crippen LogP contribution in [0.3, 0.4) is 0 Å². The Morgan fingerprint density at radius 1 is 1.41 bits per heavy atom. The fourth-order valence-corrected chi connectivity index (χ4v) is 2.28. The van der Waals surface area contributed by atoms with Gasteiger partial charge in [-0.1, -0.05) is 0 Å². The predicted molar refractivity (Wildman–Crippen MR) is 90.3 cm³/mol. The average molecular weight is 374 g/mol. The second-order valence-electron chi connectivity index (χ2n) is 5.59. The number of amides is 1. The van der Waals surface area contributed by atoms with E-state index in [1.54, 1.807) is 24.1 Å². The summed E-state index contributed by atoms with van der Waals surface area (Å²) in [6, 6.07) is 4.39. The van der Waals surface area contributed by atoms with Crippen LogP contribution < -0.4 is 10.1 Å². The van der Waals surface area contributed by atoms with Crippen molar-refractivity contribution in [1.82, 2.24) is 24.9 Å². The smallest absolute Gasteiger partial charge is 0.311 e. The van der Waals surface area contributed by atoms with Gasteiger partial charge in [0.15, 0.2) is 6.73 Å². The van der Waals surface area contributed by atoms with Crippen molar-refractivity contribution in [3.05, 3.63) is 70.0 Å². The third-order valence-corrected chi connectivity index (χ3v) is 3.56. The van der Waals surface area contributed by atoms with Gasteiger partial charge in [0.1, 0.15) is 11.5 Å². The fraction of sp³-hybridized carbons (Fsp3) is 0.188. The van der Waals surface area contributed by atoms with Crippen LogP contribution in [-0.4, -0.2) is 30.4 Å². The van der Waals surface area contributed by atoms with E-state index in [4.69, 9.17) is 4.74 Å². The van der Waals surface area contributed by atoms with Crippen molar-refractivity contribution in [2.75, 3.05) is 0 Å². The molecule has 0 unspecified atom stereocenters. The first-order chi connectivity index (χ1) is 12.9. The molecule has 0 saturated heterocycles. The van der Waals surface area contributed by atoms with Gasteiger partial charge in [0, 0.05) is 43.7 Å². The highest BCUT2D eigenvalue weighted by Crippen LogP contribution is 2.27. The van der Waals surface area contributed by atoms with Crippen LogP contribution in [0.5, 0.6) is 5.75 Å². The van der Waals surface area contributed by atoms with Gasteiger partial charge in [-0.3, -0.25) is 19.6 Å². The number of aromatic nitrogens is 4. The first-order valence-corrected chi connectivity index (χ1v) is 7.78. The van der Waals surface area contributed by atoms with Gasteiger partial charge in [0.2, 0.25) is 5.75 Å². The summed E-state index contributed by atoms with van der Waals surface area (Å²) in [6.07, 6.45) is 4.89. The lowest BCUT2D eigenvalue weighted by Crippen LogP contribution is -2.23. The first kappa shape index (κ1) is 18.0. The number of nitro groups is 1. The SMILES string of the molecule is Cn1cc(CNC(=O)c2ccn(COc3cc(F)ccc3[N+](=O)[O-])n2)cn1. The molecule has 0 saturated carbocycles. The van der Waals surface area contributed by atoms with E-state index in [-0.39, 0.29) is 23.9 Å². The van der Waals surface area contributed by atoms with E-state index in [2.05, 4.69) is 15.5 Å². The van der Waals surface area contributed by atoms with E-state index in [9.17, 15) is 19.3 Å². The van der Waals surface area contributed by atoms with Crippen LogP contribution in [0.4, 0.5) is 10.1 Å². The highest BCUT2D eigenvalue weighted by Gasteiger charge is 2.16. The van der Waals surface area contributed by atoms with Crippen LogP contribution in [0.1, 0.15) is 16.1 Å². The number of halogens is 1. The summed E-state index contributed by atoms with van der Waals surface area (Å²) < 4.78 is 21.5. The highest BCUT2D eigenvalue weighted by molar-refractivity contribution is 5.92. The van der Waals surface area contributed by atoms with Crippen LogP contribution in [0.2, 0.25) is 0 Å². The Balaban J connectivity index is 1.60. The standard InChI is InChI=1S/C16H15FN6O4/c1-21-9-11(8-19-21)7-18-16(24)13-4-5-22(20-13)10-27-15-6-12(17)2-3-14(15)23(25)26/h2-6,8-9H,7,10H2,1H3,(H,18,24). The zero-order valence-corrected chi connectivity index (χ0v) is 14.2. The molecule has 2 heterocycles. The molecule has 0 aliphatic heterocycles. The van der Waals surface area contributed by atoms with E-state index in [1.165, 1.54) is 16.9 Å². The van der Waals surface area contributed by atoms with E-state index in [1.807, 2.05) is 0 Å². The van der Waals surface area contributed by atoms with Crippen LogP contribution in [0.25, 0.3) is 0 Å². The molecule has 0 aliphatic carbocycles. The third kappa shape index (κ3) is 4.45. The summed E-state index contributed by atoms with van der Waals surface area (Å²) in [5.74, 6) is -1.28. The summed E-state index contributed by atoms with van der Waals surface area (Å²) in [6.45, 7) is 0.0751. The Hall–Kier alpha value is -3.76. The monoisotopic (exact) mass is 374 g/mol. The molecule has 0 aliphatic rings. The lowest BCUT2D eigenvalue weighted by molar-refractivity contribution is -0.386. The number of hydrogen-bond donors (Lipinski definition) is 1. The maximum Gasteiger partial charge on any atom is 0.311 e. The van der Waals surface area contributed by atoms with Crippen molar-refractivity contribution in [2.24, 2.45) is 7.05 Å². The van der Waals surface area contributed by atoms with Crippen LogP contribution in [0.15, 0.2) is 42.9 Å². The van der Waals surface area contributed by atoms with Crippen molar-refractivity contribution in [1.29, 1.82) is 0 Å². The number of carbonyl (C=O) groups excluding carboxylic acids is 1. The number of aryl methyl sites for hydroxylation is 1. The van der Waals surface area contributed by atoms with Gasteiger partial charge in [-0.25, -0.2) is 9.07 Å². The van der Waals surface area contributed by atoms with Crippen LogP contribution >= 0.6 is 0 Å². The van der Waals surface area contributed by atoms with Gasteiger partial charge in [0.05, 0.1) is 11.1 Å². The highest BCUT2D eigenvalue weighted by atomic mass is 19.1. The molecule has 0 radical (unpaired) electrons. The second-order valence-corrected chi connectivity index (χ2v) is 5.59. The van der Waals surface area contributed by atoms with E-state index >= 15 is 0 Å². The van der Waals surface area contributed by atoms with Gasteiger partial charge in [-0.2, -0.15) is 10.2 Å². The van der Waals surface area contributed by atoms with E-state index in [0.717, 1.165) is 23.8 Å². The van der Waals surface area contributed by atoms with Crippen LogP contribution in [0, 0.1) is 15.9 Å². The molecule has 0 bridgehead atoms. The fourth-order valence-electron chi connectivity index (χ4n) is 2.28. The Labute approximate surface area is 152 Å². The molecule has 27 heavy (non-hydrogen) atoms. The Kier molecular flexibility index (Phi) is 5.11. The number of benzene rings is 1. The third-order valence-electron chi connectivity index (χ3n) is 3.56. The lowest BCUT2D eigenvalue weighted by atomic mass is 10.3. The second kappa shape index (κ2) is 7.64. The molecule has 1 aromatic carbocycles. The van der Waals surface area contributed by atoms with Gasteiger partial charge in [-0.05, 0) is 12.1 Å². The average Bonchev–Trinajstić information content (AvgIpc) is 3.26. The van der Waals surface area contributed by atoms with Crippen molar-refractivity contribution >= 4 is 11.6 Å². The van der Waals surface area contributed by atoms with Crippen molar-refractivity contribution in [3.63, 3.8) is 0 Å². The molecular formula is C16H15FN6O4. The summed E-state index contributed by atoms with van der Waals surface area (Å²) in [7, 11) is 1.77. The lowest BCUT2D eigenvalue weighted by Gasteiger charge is -2.07. The van der Waals surface area contributed by atoms with Crippen molar-refractivity contribution in [3.8, 4) is 5.75 Å².